The Labute approximate surface area is 217 Å². The minimum atomic E-state index is -0.490. The fraction of sp³-hybridized carbons (Fsp3) is 0.231. The monoisotopic (exact) mass is 522 g/mol. The third-order valence-corrected chi connectivity index (χ3v) is 7.61. The number of carbonyl (C=O) groups is 1. The number of aromatic nitrogens is 3. The largest absolute Gasteiger partial charge is 0.368 e. The van der Waals surface area contributed by atoms with E-state index in [-0.39, 0.29) is 23.1 Å². The number of benzene rings is 2. The number of anilines is 3. The Bertz CT molecular complexity index is 1450. The van der Waals surface area contributed by atoms with E-state index in [1.165, 1.54) is 16.2 Å². The van der Waals surface area contributed by atoms with Gasteiger partial charge in [0.05, 0.1) is 21.3 Å². The van der Waals surface area contributed by atoms with Crippen LogP contribution in [0.3, 0.4) is 0 Å². The van der Waals surface area contributed by atoms with E-state index >= 15 is 4.39 Å². The van der Waals surface area contributed by atoms with Crippen molar-refractivity contribution < 1.29 is 9.18 Å². The molecule has 184 valence electrons. The molecule has 3 heterocycles. The number of nitrogens with two attached hydrogens (primary N) is 1. The number of urea groups is 1. The van der Waals surface area contributed by atoms with E-state index < -0.39 is 5.82 Å². The van der Waals surface area contributed by atoms with E-state index in [9.17, 15) is 4.79 Å². The summed E-state index contributed by atoms with van der Waals surface area (Å²) in [5, 5.41) is 1.42. The minimum Gasteiger partial charge on any atom is -0.368 e. The Morgan fingerprint density at radius 3 is 2.44 bits per heavy atom. The molecule has 0 atom stereocenters. The molecule has 1 aliphatic heterocycles. The van der Waals surface area contributed by atoms with Gasteiger partial charge in [-0.15, -0.1) is 11.3 Å². The molecule has 0 saturated carbocycles. The van der Waals surface area contributed by atoms with E-state index in [1.54, 1.807) is 59.6 Å². The van der Waals surface area contributed by atoms with Crippen LogP contribution in [0.15, 0.2) is 54.7 Å². The van der Waals surface area contributed by atoms with Gasteiger partial charge in [0.2, 0.25) is 5.95 Å². The first kappa shape index (κ1) is 24.1. The maximum absolute atomic E-state index is 16.1. The first-order chi connectivity index (χ1) is 17.1. The summed E-state index contributed by atoms with van der Waals surface area (Å²) in [6.07, 6.45) is 1.55. The second-order valence-corrected chi connectivity index (χ2v) is 10.9. The Kier molecular flexibility index (Phi) is 6.13. The number of hydrogen-bond donors (Lipinski definition) is 1. The van der Waals surface area contributed by atoms with Gasteiger partial charge in [-0.25, -0.2) is 24.1 Å². The molecule has 7 nitrogen and oxygen atoms in total. The van der Waals surface area contributed by atoms with Crippen LogP contribution in [0.1, 0.15) is 25.8 Å². The van der Waals surface area contributed by atoms with Crippen LogP contribution in [-0.2, 0) is 5.41 Å². The Morgan fingerprint density at radius 1 is 1.03 bits per heavy atom. The predicted molar refractivity (Wildman–Crippen MR) is 143 cm³/mol. The summed E-state index contributed by atoms with van der Waals surface area (Å²) in [6.45, 7) is 6.94. The molecule has 1 fully saturated rings. The highest BCUT2D eigenvalue weighted by Crippen LogP contribution is 2.43. The number of halogens is 2. The van der Waals surface area contributed by atoms with Crippen molar-refractivity contribution in [2.75, 3.05) is 28.6 Å². The lowest BCUT2D eigenvalue weighted by molar-refractivity contribution is 0.255. The van der Waals surface area contributed by atoms with Crippen LogP contribution in [0.5, 0.6) is 0 Å². The Morgan fingerprint density at radius 2 is 1.75 bits per heavy atom. The molecule has 4 aromatic rings. The molecular formula is C26H24ClFN6OS. The van der Waals surface area contributed by atoms with Gasteiger partial charge in [-0.3, -0.25) is 9.80 Å². The van der Waals surface area contributed by atoms with Gasteiger partial charge in [0, 0.05) is 41.0 Å². The Hall–Kier alpha value is -3.56. The van der Waals surface area contributed by atoms with E-state index in [0.29, 0.717) is 45.6 Å². The topological polar surface area (TPSA) is 88.2 Å². The summed E-state index contributed by atoms with van der Waals surface area (Å²) < 4.78 is 16.1. The molecular weight excluding hydrogens is 499 g/mol. The first-order valence-electron chi connectivity index (χ1n) is 11.4. The summed E-state index contributed by atoms with van der Waals surface area (Å²) in [7, 11) is 0. The number of carbonyl (C=O) groups excluding carboxylic acids is 1. The van der Waals surface area contributed by atoms with E-state index in [0.717, 1.165) is 5.01 Å². The van der Waals surface area contributed by atoms with Gasteiger partial charge in [-0.05, 0) is 36.4 Å². The molecule has 10 heteroatoms. The summed E-state index contributed by atoms with van der Waals surface area (Å²) >= 11 is 7.40. The fourth-order valence-corrected chi connectivity index (χ4v) is 5.30. The van der Waals surface area contributed by atoms with Crippen LogP contribution in [-0.4, -0.2) is 34.1 Å². The van der Waals surface area contributed by atoms with Crippen LogP contribution in [0.25, 0.3) is 21.8 Å². The van der Waals surface area contributed by atoms with E-state index in [2.05, 4.69) is 30.7 Å². The molecule has 2 aromatic heterocycles. The van der Waals surface area contributed by atoms with Gasteiger partial charge >= 0.3 is 6.03 Å². The van der Waals surface area contributed by atoms with E-state index in [1.807, 2.05) is 0 Å². The van der Waals surface area contributed by atoms with Crippen LogP contribution >= 0.6 is 22.9 Å². The average Bonchev–Trinajstić information content (AvgIpc) is 3.44. The second kappa shape index (κ2) is 9.15. The third kappa shape index (κ3) is 4.40. The maximum atomic E-state index is 16.1. The highest BCUT2D eigenvalue weighted by molar-refractivity contribution is 7.15. The minimum absolute atomic E-state index is 0.114. The lowest BCUT2D eigenvalue weighted by atomic mass is 9.98. The molecule has 2 N–H and O–H groups in total. The summed E-state index contributed by atoms with van der Waals surface area (Å²) in [4.78, 5) is 30.1. The van der Waals surface area contributed by atoms with Gasteiger partial charge in [-0.2, -0.15) is 0 Å². The molecule has 2 aromatic carbocycles. The molecule has 0 spiro atoms. The smallest absolute Gasteiger partial charge is 0.329 e. The van der Waals surface area contributed by atoms with Crippen LogP contribution in [0, 0.1) is 5.82 Å². The lowest BCUT2D eigenvalue weighted by Crippen LogP contribution is -2.32. The highest BCUT2D eigenvalue weighted by atomic mass is 35.5. The molecule has 1 aliphatic rings. The average molecular weight is 523 g/mol. The van der Waals surface area contributed by atoms with Crippen molar-refractivity contribution in [3.05, 3.63) is 70.6 Å². The Balaban J connectivity index is 1.57. The molecule has 0 aliphatic carbocycles. The van der Waals surface area contributed by atoms with Crippen molar-refractivity contribution in [2.45, 2.75) is 26.2 Å². The van der Waals surface area contributed by atoms with Crippen LogP contribution in [0.2, 0.25) is 5.02 Å². The summed E-state index contributed by atoms with van der Waals surface area (Å²) in [6, 6.07) is 13.5. The van der Waals surface area contributed by atoms with Gasteiger partial charge < -0.3 is 5.73 Å². The third-order valence-electron chi connectivity index (χ3n) is 5.85. The number of hydrogen-bond acceptors (Lipinski definition) is 6. The van der Waals surface area contributed by atoms with Crippen molar-refractivity contribution >= 4 is 46.3 Å². The van der Waals surface area contributed by atoms with E-state index in [4.69, 9.17) is 22.3 Å². The molecule has 0 unspecified atom stereocenters. The van der Waals surface area contributed by atoms with Crippen molar-refractivity contribution in [2.24, 2.45) is 0 Å². The molecule has 0 bridgehead atoms. The molecule has 5 rings (SSSR count). The number of thiazole rings is 1. The van der Waals surface area contributed by atoms with Crippen molar-refractivity contribution in [1.82, 2.24) is 15.0 Å². The maximum Gasteiger partial charge on any atom is 0.329 e. The summed E-state index contributed by atoms with van der Waals surface area (Å²) in [5.41, 5.74) is 7.89. The van der Waals surface area contributed by atoms with Crippen molar-refractivity contribution in [1.29, 1.82) is 0 Å². The quantitative estimate of drug-likeness (QED) is 0.335. The van der Waals surface area contributed by atoms with Gasteiger partial charge in [0.15, 0.2) is 5.82 Å². The number of nitrogen functional groups attached to an aromatic ring is 1. The fourth-order valence-electron chi connectivity index (χ4n) is 4.03. The standard InChI is InChI=1S/C26H24ClFN6OS/c1-26(2,3)23-32-21(18-11-12-30-24(29)31-18)22(36-23)17-5-4-6-19(20(17)28)34-14-13-33(25(34)35)16-9-7-15(27)8-10-16/h4-12H,13-14H2,1-3H3,(H2,29,30,31). The first-order valence-corrected chi connectivity index (χ1v) is 12.6. The van der Waals surface area contributed by atoms with Crippen molar-refractivity contribution in [3.63, 3.8) is 0 Å². The molecule has 0 radical (unpaired) electrons. The summed E-state index contributed by atoms with van der Waals surface area (Å²) in [5.74, 6) is -0.376. The van der Waals surface area contributed by atoms with Crippen LogP contribution in [0.4, 0.5) is 26.5 Å². The SMILES string of the molecule is CC(C)(C)c1nc(-c2ccnc(N)n2)c(-c2cccc(N3CCN(c4ccc(Cl)cc4)C3=O)c2F)s1. The van der Waals surface area contributed by atoms with Gasteiger partial charge in [-0.1, -0.05) is 44.5 Å². The zero-order valence-corrected chi connectivity index (χ0v) is 21.6. The normalized spacial score (nSPS) is 14.1. The van der Waals surface area contributed by atoms with Gasteiger partial charge in [0.1, 0.15) is 5.69 Å². The number of rotatable bonds is 4. The molecule has 1 saturated heterocycles. The predicted octanol–water partition coefficient (Wildman–Crippen LogP) is 6.39. The number of nitrogens with zero attached hydrogens (tertiary/aromatic N) is 5. The number of amides is 2. The second-order valence-electron chi connectivity index (χ2n) is 9.45. The molecule has 36 heavy (non-hydrogen) atoms. The zero-order valence-electron chi connectivity index (χ0n) is 20.0. The van der Waals surface area contributed by atoms with Gasteiger partial charge in [0.25, 0.3) is 0 Å². The highest BCUT2D eigenvalue weighted by Gasteiger charge is 2.33. The zero-order chi connectivity index (χ0) is 25.6. The van der Waals surface area contributed by atoms with Crippen LogP contribution < -0.4 is 15.5 Å². The molecule has 2 amide bonds. The van der Waals surface area contributed by atoms with Crippen molar-refractivity contribution in [3.8, 4) is 21.8 Å². The lowest BCUT2D eigenvalue weighted by Gasteiger charge is -2.20.